The van der Waals surface area contributed by atoms with Crippen LogP contribution in [0.4, 0.5) is 4.39 Å². The summed E-state index contributed by atoms with van der Waals surface area (Å²) in [6, 6.07) is 4.73. The van der Waals surface area contributed by atoms with Crippen molar-refractivity contribution in [1.29, 1.82) is 0 Å². The van der Waals surface area contributed by atoms with Crippen molar-refractivity contribution in [1.82, 2.24) is 0 Å². The van der Waals surface area contributed by atoms with Gasteiger partial charge in [0.25, 0.3) is 0 Å². The SMILES string of the molecule is Cc1cc(F)ccc1CC(=O)C1CC2CCC(C1)S2. The Labute approximate surface area is 118 Å². The molecule has 0 radical (unpaired) electrons. The molecule has 0 N–H and O–H groups in total. The minimum atomic E-state index is -0.221. The van der Waals surface area contributed by atoms with E-state index in [4.69, 9.17) is 0 Å². The predicted molar refractivity (Wildman–Crippen MR) is 77.0 cm³/mol. The van der Waals surface area contributed by atoms with Crippen molar-refractivity contribution >= 4 is 17.5 Å². The molecule has 1 nitrogen and oxygen atoms in total. The highest BCUT2D eigenvalue weighted by molar-refractivity contribution is 8.00. The fraction of sp³-hybridized carbons (Fsp3) is 0.562. The Balaban J connectivity index is 1.68. The van der Waals surface area contributed by atoms with Crippen LogP contribution in [-0.4, -0.2) is 16.3 Å². The smallest absolute Gasteiger partial charge is 0.140 e. The summed E-state index contributed by atoms with van der Waals surface area (Å²) in [6.07, 6.45) is 5.16. The van der Waals surface area contributed by atoms with Crippen LogP contribution in [0.15, 0.2) is 18.2 Å². The summed E-state index contributed by atoms with van der Waals surface area (Å²) in [4.78, 5) is 12.4. The first-order valence-corrected chi connectivity index (χ1v) is 7.99. The number of thioether (sulfide) groups is 1. The van der Waals surface area contributed by atoms with Crippen molar-refractivity contribution in [3.8, 4) is 0 Å². The number of benzene rings is 1. The summed E-state index contributed by atoms with van der Waals surface area (Å²) in [5, 5.41) is 1.42. The van der Waals surface area contributed by atoms with Crippen molar-refractivity contribution in [3.05, 3.63) is 35.1 Å². The lowest BCUT2D eigenvalue weighted by molar-refractivity contribution is -0.122. The fourth-order valence-corrected chi connectivity index (χ4v) is 5.09. The molecule has 0 saturated carbocycles. The number of Topliss-reactive ketones (excluding diaryl/α,β-unsaturated/α-hetero) is 1. The zero-order valence-corrected chi connectivity index (χ0v) is 12.0. The lowest BCUT2D eigenvalue weighted by Crippen LogP contribution is -2.26. The molecule has 102 valence electrons. The molecule has 3 heteroatoms. The van der Waals surface area contributed by atoms with Gasteiger partial charge in [-0.1, -0.05) is 6.07 Å². The zero-order valence-electron chi connectivity index (χ0n) is 11.2. The van der Waals surface area contributed by atoms with Crippen LogP contribution in [0.5, 0.6) is 0 Å². The molecule has 2 unspecified atom stereocenters. The third-order valence-electron chi connectivity index (χ3n) is 4.42. The molecule has 1 aromatic rings. The number of hydrogen-bond acceptors (Lipinski definition) is 2. The number of fused-ring (bicyclic) bond motifs is 2. The third kappa shape index (κ3) is 2.86. The van der Waals surface area contributed by atoms with Crippen molar-refractivity contribution < 1.29 is 9.18 Å². The monoisotopic (exact) mass is 278 g/mol. The first-order chi connectivity index (χ1) is 9.11. The van der Waals surface area contributed by atoms with Crippen LogP contribution in [0.1, 0.15) is 36.8 Å². The van der Waals surface area contributed by atoms with Gasteiger partial charge in [-0.05, 0) is 55.9 Å². The fourth-order valence-electron chi connectivity index (χ4n) is 3.31. The maximum Gasteiger partial charge on any atom is 0.140 e. The average Bonchev–Trinajstić information content (AvgIpc) is 2.71. The maximum atomic E-state index is 13.1. The minimum Gasteiger partial charge on any atom is -0.299 e. The molecule has 2 heterocycles. The molecule has 2 bridgehead atoms. The molecule has 2 atom stereocenters. The van der Waals surface area contributed by atoms with E-state index < -0.39 is 0 Å². The van der Waals surface area contributed by atoms with E-state index in [0.717, 1.165) is 24.0 Å². The van der Waals surface area contributed by atoms with Crippen LogP contribution >= 0.6 is 11.8 Å². The van der Waals surface area contributed by atoms with E-state index in [1.165, 1.54) is 25.0 Å². The topological polar surface area (TPSA) is 17.1 Å². The van der Waals surface area contributed by atoms with Gasteiger partial charge in [0.15, 0.2) is 0 Å². The number of ketones is 1. The van der Waals surface area contributed by atoms with Gasteiger partial charge in [0, 0.05) is 22.8 Å². The number of carbonyl (C=O) groups excluding carboxylic acids is 1. The minimum absolute atomic E-state index is 0.221. The molecule has 0 aliphatic carbocycles. The van der Waals surface area contributed by atoms with Gasteiger partial charge in [0.2, 0.25) is 0 Å². The molecular formula is C16H19FOS. The highest BCUT2D eigenvalue weighted by Gasteiger charge is 2.37. The summed E-state index contributed by atoms with van der Waals surface area (Å²) in [5.74, 6) is 0.371. The van der Waals surface area contributed by atoms with Crippen LogP contribution in [0.2, 0.25) is 0 Å². The molecule has 1 aromatic carbocycles. The summed E-state index contributed by atoms with van der Waals surface area (Å²) in [5.41, 5.74) is 1.87. The molecule has 0 spiro atoms. The van der Waals surface area contributed by atoms with Crippen LogP contribution in [0, 0.1) is 18.7 Å². The number of halogens is 1. The van der Waals surface area contributed by atoms with Gasteiger partial charge in [-0.3, -0.25) is 4.79 Å². The second-order valence-electron chi connectivity index (χ2n) is 5.84. The van der Waals surface area contributed by atoms with Gasteiger partial charge in [-0.25, -0.2) is 4.39 Å². The summed E-state index contributed by atoms with van der Waals surface area (Å²) in [7, 11) is 0. The summed E-state index contributed by atoms with van der Waals surface area (Å²) < 4.78 is 13.1. The third-order valence-corrected chi connectivity index (χ3v) is 6.04. The quantitative estimate of drug-likeness (QED) is 0.833. The van der Waals surface area contributed by atoms with Crippen LogP contribution in [0.25, 0.3) is 0 Å². The van der Waals surface area contributed by atoms with Crippen molar-refractivity contribution in [3.63, 3.8) is 0 Å². The van der Waals surface area contributed by atoms with Crippen LogP contribution in [-0.2, 0) is 11.2 Å². The van der Waals surface area contributed by atoms with Crippen molar-refractivity contribution in [2.24, 2.45) is 5.92 Å². The highest BCUT2D eigenvalue weighted by atomic mass is 32.2. The number of hydrogen-bond donors (Lipinski definition) is 0. The van der Waals surface area contributed by atoms with Gasteiger partial charge >= 0.3 is 0 Å². The first kappa shape index (κ1) is 13.2. The summed E-state index contributed by atoms with van der Waals surface area (Å²) in [6.45, 7) is 1.88. The van der Waals surface area contributed by atoms with E-state index in [1.54, 1.807) is 6.07 Å². The molecule has 19 heavy (non-hydrogen) atoms. The van der Waals surface area contributed by atoms with E-state index in [1.807, 2.05) is 6.92 Å². The van der Waals surface area contributed by atoms with E-state index in [0.29, 0.717) is 22.7 Å². The van der Waals surface area contributed by atoms with Crippen molar-refractivity contribution in [2.45, 2.75) is 49.5 Å². The molecule has 3 rings (SSSR count). The van der Waals surface area contributed by atoms with Gasteiger partial charge in [0.1, 0.15) is 11.6 Å². The zero-order chi connectivity index (χ0) is 13.4. The second kappa shape index (κ2) is 5.28. The number of carbonyl (C=O) groups is 1. The lowest BCUT2D eigenvalue weighted by Gasteiger charge is -2.26. The average molecular weight is 278 g/mol. The standard InChI is InChI=1S/C16H19FOS/c1-10-6-13(17)3-2-11(10)9-16(18)12-7-14-4-5-15(8-12)19-14/h2-3,6,12,14-15H,4-5,7-9H2,1H3. The Morgan fingerprint density at radius 1 is 1.32 bits per heavy atom. The Kier molecular flexibility index (Phi) is 3.66. The Hall–Kier alpha value is -0.830. The molecule has 0 aromatic heterocycles. The van der Waals surface area contributed by atoms with Gasteiger partial charge in [0.05, 0.1) is 0 Å². The second-order valence-corrected chi connectivity index (χ2v) is 7.45. The molecular weight excluding hydrogens is 259 g/mol. The summed E-state index contributed by atoms with van der Waals surface area (Å²) >= 11 is 2.08. The maximum absolute atomic E-state index is 13.1. The van der Waals surface area contributed by atoms with E-state index in [-0.39, 0.29) is 11.7 Å². The molecule has 2 saturated heterocycles. The Morgan fingerprint density at radius 3 is 2.63 bits per heavy atom. The van der Waals surface area contributed by atoms with Gasteiger partial charge in [-0.2, -0.15) is 11.8 Å². The van der Waals surface area contributed by atoms with Crippen LogP contribution < -0.4 is 0 Å². The first-order valence-electron chi connectivity index (χ1n) is 7.05. The van der Waals surface area contributed by atoms with Gasteiger partial charge < -0.3 is 0 Å². The van der Waals surface area contributed by atoms with Crippen molar-refractivity contribution in [2.75, 3.05) is 0 Å². The van der Waals surface area contributed by atoms with E-state index in [2.05, 4.69) is 11.8 Å². The largest absolute Gasteiger partial charge is 0.299 e. The van der Waals surface area contributed by atoms with Gasteiger partial charge in [-0.15, -0.1) is 0 Å². The molecule has 2 fully saturated rings. The van der Waals surface area contributed by atoms with E-state index >= 15 is 0 Å². The lowest BCUT2D eigenvalue weighted by atomic mass is 9.90. The molecule has 0 amide bonds. The van der Waals surface area contributed by atoms with Crippen LogP contribution in [0.3, 0.4) is 0 Å². The van der Waals surface area contributed by atoms with E-state index in [9.17, 15) is 9.18 Å². The Morgan fingerprint density at radius 2 is 2.00 bits per heavy atom. The number of rotatable bonds is 3. The molecule has 2 aliphatic heterocycles. The Bertz CT molecular complexity index is 488. The molecule has 2 aliphatic rings. The highest BCUT2D eigenvalue weighted by Crippen LogP contribution is 2.46. The normalized spacial score (nSPS) is 29.5. The number of aryl methyl sites for hydroxylation is 1. The predicted octanol–water partition coefficient (Wildman–Crippen LogP) is 3.92.